The van der Waals surface area contributed by atoms with Crippen LogP contribution in [-0.4, -0.2) is 0 Å². The molecule has 0 saturated heterocycles. The monoisotopic (exact) mass is 151 g/mol. The fourth-order valence-corrected chi connectivity index (χ4v) is 0.805. The molecule has 1 radical (unpaired) electrons. The minimum atomic E-state index is 0.555. The van der Waals surface area contributed by atoms with Crippen molar-refractivity contribution in [1.29, 1.82) is 0 Å². The highest BCUT2D eigenvalue weighted by atomic mass is 14.0. The van der Waals surface area contributed by atoms with E-state index in [0.29, 0.717) is 5.92 Å². The Morgan fingerprint density at radius 1 is 1.55 bits per heavy atom. The molecule has 63 valence electrons. The van der Waals surface area contributed by atoms with Crippen molar-refractivity contribution < 1.29 is 0 Å². The Hall–Kier alpha value is -0.520. The largest absolute Gasteiger partial charge is 0.0880 e. The van der Waals surface area contributed by atoms with Gasteiger partial charge in [0.1, 0.15) is 0 Å². The van der Waals surface area contributed by atoms with Gasteiger partial charge in [-0.3, -0.25) is 0 Å². The summed E-state index contributed by atoms with van der Waals surface area (Å²) < 4.78 is 0. The van der Waals surface area contributed by atoms with Crippen LogP contribution < -0.4 is 0 Å². The van der Waals surface area contributed by atoms with E-state index in [0.717, 1.165) is 0 Å². The van der Waals surface area contributed by atoms with E-state index in [2.05, 4.69) is 39.8 Å². The van der Waals surface area contributed by atoms with Gasteiger partial charge in [-0.05, 0) is 26.2 Å². The van der Waals surface area contributed by atoms with Crippen molar-refractivity contribution in [3.05, 3.63) is 30.7 Å². The van der Waals surface area contributed by atoms with Gasteiger partial charge in [-0.1, -0.05) is 44.1 Å². The van der Waals surface area contributed by atoms with Gasteiger partial charge in [-0.25, -0.2) is 0 Å². The summed E-state index contributed by atoms with van der Waals surface area (Å²) in [6.07, 6.45) is 8.85. The Morgan fingerprint density at radius 3 is 2.64 bits per heavy atom. The molecule has 0 aromatic heterocycles. The molecule has 0 amide bonds. The van der Waals surface area contributed by atoms with Crippen LogP contribution in [0, 0.1) is 12.8 Å². The van der Waals surface area contributed by atoms with E-state index in [1.807, 2.05) is 6.08 Å². The molecule has 0 aromatic rings. The maximum atomic E-state index is 3.74. The van der Waals surface area contributed by atoms with Gasteiger partial charge in [-0.15, -0.1) is 0 Å². The van der Waals surface area contributed by atoms with Gasteiger partial charge in [0.2, 0.25) is 0 Å². The van der Waals surface area contributed by atoms with Crippen molar-refractivity contribution in [1.82, 2.24) is 0 Å². The van der Waals surface area contributed by atoms with Gasteiger partial charge in [-0.2, -0.15) is 0 Å². The van der Waals surface area contributed by atoms with Gasteiger partial charge in [0.05, 0.1) is 0 Å². The number of hydrogen-bond acceptors (Lipinski definition) is 0. The average molecular weight is 151 g/mol. The molecule has 1 unspecified atom stereocenters. The van der Waals surface area contributed by atoms with Gasteiger partial charge in [0.25, 0.3) is 0 Å². The summed E-state index contributed by atoms with van der Waals surface area (Å²) in [5, 5.41) is 0. The highest BCUT2D eigenvalue weighted by Gasteiger charge is 1.95. The molecule has 0 aromatic carbocycles. The van der Waals surface area contributed by atoms with Crippen molar-refractivity contribution in [2.24, 2.45) is 5.92 Å². The second-order valence-corrected chi connectivity index (χ2v) is 2.95. The highest BCUT2D eigenvalue weighted by molar-refractivity contribution is 5.10. The number of rotatable bonds is 4. The molecule has 0 saturated carbocycles. The van der Waals surface area contributed by atoms with Crippen LogP contribution in [0.15, 0.2) is 23.8 Å². The average Bonchev–Trinajstić information content (AvgIpc) is 2.03. The molecule has 0 aliphatic carbocycles. The van der Waals surface area contributed by atoms with Crippen LogP contribution in [0.25, 0.3) is 0 Å². The lowest BCUT2D eigenvalue weighted by Gasteiger charge is -2.04. The Morgan fingerprint density at radius 2 is 2.18 bits per heavy atom. The first-order valence-corrected chi connectivity index (χ1v) is 4.34. The fourth-order valence-electron chi connectivity index (χ4n) is 0.805. The zero-order valence-electron chi connectivity index (χ0n) is 7.93. The van der Waals surface area contributed by atoms with Crippen LogP contribution in [-0.2, 0) is 0 Å². The van der Waals surface area contributed by atoms with Gasteiger partial charge in [0, 0.05) is 0 Å². The molecule has 0 aliphatic rings. The van der Waals surface area contributed by atoms with Crippen LogP contribution in [0.5, 0.6) is 0 Å². The molecule has 0 nitrogen and oxygen atoms in total. The lowest BCUT2D eigenvalue weighted by atomic mass is 10.0. The predicted octanol–water partition coefficient (Wildman–Crippen LogP) is 3.76. The van der Waals surface area contributed by atoms with E-state index in [9.17, 15) is 0 Å². The van der Waals surface area contributed by atoms with E-state index in [4.69, 9.17) is 0 Å². The minimum Gasteiger partial charge on any atom is -0.0880 e. The molecule has 0 bridgehead atoms. The third-order valence-electron chi connectivity index (χ3n) is 1.92. The summed E-state index contributed by atoms with van der Waals surface area (Å²) in [6.45, 7) is 10.2. The molecular formula is C11H19. The van der Waals surface area contributed by atoms with Gasteiger partial charge < -0.3 is 0 Å². The summed E-state index contributed by atoms with van der Waals surface area (Å²) in [5.74, 6) is 0.555. The predicted molar refractivity (Wildman–Crippen MR) is 52.3 cm³/mol. The smallest absolute Gasteiger partial charge is 0.00544 e. The zero-order chi connectivity index (χ0) is 8.69. The Bertz CT molecular complexity index is 140. The first kappa shape index (κ1) is 10.5. The topological polar surface area (TPSA) is 0 Å². The Labute approximate surface area is 71.0 Å². The van der Waals surface area contributed by atoms with Crippen molar-refractivity contribution in [3.63, 3.8) is 0 Å². The summed E-state index contributed by atoms with van der Waals surface area (Å²) in [5.41, 5.74) is 1.34. The number of unbranched alkanes of at least 4 members (excludes halogenated alkanes) is 1. The molecule has 0 fully saturated rings. The normalized spacial score (nSPS) is 15.8. The van der Waals surface area contributed by atoms with Crippen LogP contribution >= 0.6 is 0 Å². The van der Waals surface area contributed by atoms with E-state index in [1.54, 1.807) is 0 Å². The summed E-state index contributed by atoms with van der Waals surface area (Å²) >= 11 is 0. The van der Waals surface area contributed by atoms with Crippen molar-refractivity contribution in [3.8, 4) is 0 Å². The summed E-state index contributed by atoms with van der Waals surface area (Å²) in [4.78, 5) is 0. The van der Waals surface area contributed by atoms with Crippen molar-refractivity contribution >= 4 is 0 Å². The molecule has 0 aliphatic heterocycles. The van der Waals surface area contributed by atoms with E-state index >= 15 is 0 Å². The summed E-state index contributed by atoms with van der Waals surface area (Å²) in [7, 11) is 0. The third kappa shape index (κ3) is 4.83. The minimum absolute atomic E-state index is 0.555. The van der Waals surface area contributed by atoms with Crippen LogP contribution in [0.1, 0.15) is 33.6 Å². The molecular weight excluding hydrogens is 132 g/mol. The molecule has 11 heavy (non-hydrogen) atoms. The first-order chi connectivity index (χ1) is 5.22. The van der Waals surface area contributed by atoms with Gasteiger partial charge in [0.15, 0.2) is 0 Å². The summed E-state index contributed by atoms with van der Waals surface area (Å²) in [6, 6.07) is 0. The number of hydrogen-bond donors (Lipinski definition) is 0. The van der Waals surface area contributed by atoms with Crippen molar-refractivity contribution in [2.75, 3.05) is 0 Å². The quantitative estimate of drug-likeness (QED) is 0.537. The fraction of sp³-hybridized carbons (Fsp3) is 0.545. The SMILES string of the molecule is [CH2]/C=C(\C)C(C)/C=C/CCC. The lowest BCUT2D eigenvalue weighted by molar-refractivity contribution is 0.847. The maximum Gasteiger partial charge on any atom is -0.00544 e. The Balaban J connectivity index is 3.76. The standard InChI is InChI=1S/C11H19/c1-5-7-8-9-11(4)10(3)6-2/h6,8-9,11H,2,5,7H2,1,3-4H3/b9-8+,10-6+. The van der Waals surface area contributed by atoms with Crippen LogP contribution in [0.2, 0.25) is 0 Å². The van der Waals surface area contributed by atoms with Crippen LogP contribution in [0.4, 0.5) is 0 Å². The molecule has 0 heteroatoms. The molecule has 0 heterocycles. The van der Waals surface area contributed by atoms with Crippen molar-refractivity contribution in [2.45, 2.75) is 33.6 Å². The van der Waals surface area contributed by atoms with Gasteiger partial charge >= 0.3 is 0 Å². The molecule has 0 spiro atoms. The van der Waals surface area contributed by atoms with E-state index < -0.39 is 0 Å². The molecule has 0 rings (SSSR count). The molecule has 0 N–H and O–H groups in total. The highest BCUT2D eigenvalue weighted by Crippen LogP contribution is 2.10. The second kappa shape index (κ2) is 6.21. The maximum absolute atomic E-state index is 3.74. The van der Waals surface area contributed by atoms with E-state index in [-0.39, 0.29) is 0 Å². The Kier molecular flexibility index (Phi) is 5.91. The number of allylic oxidation sites excluding steroid dienone is 4. The molecule has 1 atom stereocenters. The van der Waals surface area contributed by atoms with E-state index in [1.165, 1.54) is 18.4 Å². The third-order valence-corrected chi connectivity index (χ3v) is 1.92. The van der Waals surface area contributed by atoms with Crippen LogP contribution in [0.3, 0.4) is 0 Å². The second-order valence-electron chi connectivity index (χ2n) is 2.95. The lowest BCUT2D eigenvalue weighted by Crippen LogP contribution is -1.89. The zero-order valence-corrected chi connectivity index (χ0v) is 7.93. The first-order valence-electron chi connectivity index (χ1n) is 4.34.